The van der Waals surface area contributed by atoms with Crippen LogP contribution >= 0.6 is 15.6 Å². The summed E-state index contributed by atoms with van der Waals surface area (Å²) in [5.41, 5.74) is 0. The molecule has 0 aromatic heterocycles. The second kappa shape index (κ2) is 80.7. The van der Waals surface area contributed by atoms with E-state index < -0.39 is 97.5 Å². The summed E-state index contributed by atoms with van der Waals surface area (Å²) in [5.74, 6) is -2.42. The summed E-state index contributed by atoms with van der Waals surface area (Å²) < 4.78 is 68.5. The van der Waals surface area contributed by atoms with Gasteiger partial charge >= 0.3 is 39.5 Å². The van der Waals surface area contributed by atoms with E-state index in [-0.39, 0.29) is 25.7 Å². The van der Waals surface area contributed by atoms with E-state index >= 15 is 0 Å². The minimum atomic E-state index is -5.02. The van der Waals surface area contributed by atoms with E-state index in [4.69, 9.17) is 37.0 Å². The van der Waals surface area contributed by atoms with Crippen molar-refractivity contribution in [2.24, 2.45) is 0 Å². The first kappa shape index (κ1) is 104. The molecular weight excluding hydrogens is 1430 g/mol. The molecule has 5 unspecified atom stereocenters. The van der Waals surface area contributed by atoms with Crippen molar-refractivity contribution in [1.82, 2.24) is 0 Å². The van der Waals surface area contributed by atoms with Gasteiger partial charge in [0.25, 0.3) is 0 Å². The molecule has 0 bridgehead atoms. The summed E-state index contributed by atoms with van der Waals surface area (Å²) >= 11 is 0. The van der Waals surface area contributed by atoms with E-state index in [9.17, 15) is 43.2 Å². The number of aliphatic hydroxyl groups excluding tert-OH is 1. The van der Waals surface area contributed by atoms with E-state index in [0.29, 0.717) is 38.5 Å². The van der Waals surface area contributed by atoms with Crippen LogP contribution in [0.5, 0.6) is 0 Å². The number of ether oxygens (including phenoxy) is 4. The van der Waals surface area contributed by atoms with Gasteiger partial charge in [0.15, 0.2) is 12.2 Å². The number of hydrogen-bond donors (Lipinski definition) is 3. The van der Waals surface area contributed by atoms with Gasteiger partial charge in [-0.05, 0) is 167 Å². The van der Waals surface area contributed by atoms with Crippen molar-refractivity contribution in [2.45, 2.75) is 303 Å². The summed E-state index contributed by atoms with van der Waals surface area (Å²) in [6, 6.07) is 0. The number of carbonyl (C=O) groups excluding carboxylic acids is 4. The molecule has 0 fully saturated rings. The summed E-state index contributed by atoms with van der Waals surface area (Å²) in [6.45, 7) is 4.33. The lowest BCUT2D eigenvalue weighted by molar-refractivity contribution is -0.161. The van der Waals surface area contributed by atoms with Crippen LogP contribution in [0.1, 0.15) is 285 Å². The highest BCUT2D eigenvalue weighted by atomic mass is 31.2. The first-order chi connectivity index (χ1) is 53.7. The summed E-state index contributed by atoms with van der Waals surface area (Å²) in [6.07, 6.45) is 101. The number of esters is 4. The van der Waals surface area contributed by atoms with Gasteiger partial charge in [0.2, 0.25) is 0 Å². The van der Waals surface area contributed by atoms with Crippen molar-refractivity contribution in [3.63, 3.8) is 0 Å². The lowest BCUT2D eigenvalue weighted by Gasteiger charge is -2.21. The largest absolute Gasteiger partial charge is 0.472 e. The van der Waals surface area contributed by atoms with Crippen molar-refractivity contribution >= 4 is 39.5 Å². The van der Waals surface area contributed by atoms with Crippen LogP contribution in [0, 0.1) is 0 Å². The van der Waals surface area contributed by atoms with Gasteiger partial charge in [0, 0.05) is 25.7 Å². The van der Waals surface area contributed by atoms with Crippen LogP contribution in [0.2, 0.25) is 0 Å². The zero-order chi connectivity index (χ0) is 80.3. The van der Waals surface area contributed by atoms with Crippen LogP contribution in [0.4, 0.5) is 0 Å². The van der Waals surface area contributed by atoms with E-state index in [1.165, 1.54) is 19.3 Å². The molecule has 620 valence electrons. The molecule has 19 heteroatoms. The molecule has 0 saturated carbocycles. The van der Waals surface area contributed by atoms with Crippen molar-refractivity contribution in [3.05, 3.63) is 207 Å². The maximum Gasteiger partial charge on any atom is 0.472 e. The molecule has 5 atom stereocenters. The molecule has 0 heterocycles. The standard InChI is InChI=1S/C91H144O17P2/c1-5-9-13-17-21-25-29-33-36-39-42-45-48-52-55-59-63-67-71-75-88(93)101-81-86(107-90(95)77-73-69-65-61-57-51-32-28-24-20-16-12-8-4)83-105-109(97,98)103-79-85(92)80-104-110(99,100)106-84-87(108-91(96)78-74-70-66-62-58-54-50-47-44-41-38-35-31-27-23-19-15-11-7-3)82-102-89(94)76-72-68-64-60-56-53-49-46-43-40-37-34-30-26-22-18-14-10-6-2/h9-10,13-14,16,20-23,25-28,32-38,42-47,52-53,55-56,63-64,67-68,85-87,92H,5-8,11-12,15,17-19,24,29-31,39-41,48-51,54,57-62,65-66,69-84H2,1-4H3,(H,97,98)(H,99,100)/b13-9-,14-10-,20-16-,25-21-,26-22-,27-23-,32-28-,36-33-,37-34-,38-35-,45-42-,46-43-,47-44-,55-52-,56-53-,67-63-,68-64-. The highest BCUT2D eigenvalue weighted by Crippen LogP contribution is 2.45. The summed E-state index contributed by atoms with van der Waals surface area (Å²) in [5, 5.41) is 10.7. The predicted molar refractivity (Wildman–Crippen MR) is 454 cm³/mol. The van der Waals surface area contributed by atoms with Gasteiger partial charge in [-0.2, -0.15) is 0 Å². The Morgan fingerprint density at radius 2 is 0.509 bits per heavy atom. The summed E-state index contributed by atoms with van der Waals surface area (Å²) in [7, 11) is -10.0. The highest BCUT2D eigenvalue weighted by molar-refractivity contribution is 7.47. The zero-order valence-electron chi connectivity index (χ0n) is 67.8. The van der Waals surface area contributed by atoms with Crippen LogP contribution in [-0.4, -0.2) is 96.7 Å². The van der Waals surface area contributed by atoms with Crippen molar-refractivity contribution in [1.29, 1.82) is 0 Å². The van der Waals surface area contributed by atoms with E-state index in [2.05, 4.69) is 198 Å². The second-order valence-electron chi connectivity index (χ2n) is 26.6. The first-order valence-electron chi connectivity index (χ1n) is 41.3. The third kappa shape index (κ3) is 79.7. The Bertz CT molecular complexity index is 2900. The Morgan fingerprint density at radius 1 is 0.264 bits per heavy atom. The fourth-order valence-electron chi connectivity index (χ4n) is 10.0. The average Bonchev–Trinajstić information content (AvgIpc) is 0.942. The van der Waals surface area contributed by atoms with Crippen molar-refractivity contribution in [3.8, 4) is 0 Å². The second-order valence-corrected chi connectivity index (χ2v) is 29.5. The van der Waals surface area contributed by atoms with Gasteiger partial charge in [-0.25, -0.2) is 9.13 Å². The Morgan fingerprint density at radius 3 is 0.800 bits per heavy atom. The molecule has 0 aliphatic carbocycles. The molecule has 110 heavy (non-hydrogen) atoms. The quantitative estimate of drug-likeness (QED) is 0.0169. The zero-order valence-corrected chi connectivity index (χ0v) is 69.6. The minimum absolute atomic E-state index is 0.0233. The van der Waals surface area contributed by atoms with Gasteiger partial charge in [0.05, 0.1) is 26.4 Å². The molecule has 17 nitrogen and oxygen atoms in total. The predicted octanol–water partition coefficient (Wildman–Crippen LogP) is 24.7. The van der Waals surface area contributed by atoms with Gasteiger partial charge in [-0.1, -0.05) is 298 Å². The van der Waals surface area contributed by atoms with Gasteiger partial charge in [0.1, 0.15) is 19.3 Å². The number of unbranched alkanes of at least 4 members (excludes halogenated alkanes) is 15. The fraction of sp³-hybridized carbons (Fsp3) is 0.582. The Balaban J connectivity index is 5.53. The van der Waals surface area contributed by atoms with Crippen LogP contribution in [0.15, 0.2) is 207 Å². The number of phosphoric acid groups is 2. The normalized spacial score (nSPS) is 14.9. The molecule has 0 aromatic rings. The third-order valence-corrected chi connectivity index (χ3v) is 18.1. The van der Waals surface area contributed by atoms with Gasteiger partial charge < -0.3 is 33.8 Å². The molecule has 0 aliphatic rings. The van der Waals surface area contributed by atoms with E-state index in [0.717, 1.165) is 173 Å². The summed E-state index contributed by atoms with van der Waals surface area (Å²) in [4.78, 5) is 73.1. The fourth-order valence-corrected chi connectivity index (χ4v) is 11.6. The van der Waals surface area contributed by atoms with E-state index in [1.54, 1.807) is 0 Å². The van der Waals surface area contributed by atoms with Crippen LogP contribution in [0.25, 0.3) is 0 Å². The third-order valence-electron chi connectivity index (χ3n) is 16.2. The molecule has 0 rings (SSSR count). The van der Waals surface area contributed by atoms with Gasteiger partial charge in [-0.3, -0.25) is 37.3 Å². The first-order valence-corrected chi connectivity index (χ1v) is 44.3. The van der Waals surface area contributed by atoms with Crippen molar-refractivity contribution < 1.29 is 80.2 Å². The van der Waals surface area contributed by atoms with Crippen LogP contribution in [-0.2, 0) is 65.4 Å². The molecule has 0 saturated heterocycles. The topological polar surface area (TPSA) is 237 Å². The molecule has 0 spiro atoms. The monoisotopic (exact) mass is 1570 g/mol. The Kier molecular flexibility index (Phi) is 76.0. The maximum atomic E-state index is 13.1. The van der Waals surface area contributed by atoms with Gasteiger partial charge in [-0.15, -0.1) is 0 Å². The minimum Gasteiger partial charge on any atom is -0.462 e. The average molecular weight is 1570 g/mol. The Hall–Kier alpha value is -6.36. The molecule has 3 N–H and O–H groups in total. The maximum absolute atomic E-state index is 13.1. The molecular formula is C91H144O17P2. The number of carbonyl (C=O) groups is 4. The highest BCUT2D eigenvalue weighted by Gasteiger charge is 2.30. The SMILES string of the molecule is CC/C=C\C/C=C\C/C=C\C/C=C\C/C=C\C/C=C\CCC(=O)OCC(COP(=O)(O)OCC(O)COP(=O)(O)OCC(COC(=O)CC/C=C\C/C=C\C/C=C\C/C=C\C/C=C\C/C=C\CC)OC(=O)CCCCCCCC/C=C\C/C=C\C/C=C\CCCCC)OC(=O)CCCCCCC/C=C\C/C=C\CCC. The molecule has 0 radical (unpaired) electrons. The lowest BCUT2D eigenvalue weighted by atomic mass is 10.1. The molecule has 0 amide bonds. The number of aliphatic hydroxyl groups is 1. The number of phosphoric ester groups is 2. The lowest BCUT2D eigenvalue weighted by Crippen LogP contribution is -2.30. The molecule has 0 aromatic carbocycles. The Labute approximate surface area is 665 Å². The van der Waals surface area contributed by atoms with Crippen LogP contribution < -0.4 is 0 Å². The molecule has 0 aliphatic heterocycles. The number of hydrogen-bond acceptors (Lipinski definition) is 15. The van der Waals surface area contributed by atoms with E-state index in [1.807, 2.05) is 36.5 Å². The number of rotatable bonds is 75. The smallest absolute Gasteiger partial charge is 0.462 e. The van der Waals surface area contributed by atoms with Crippen molar-refractivity contribution in [2.75, 3.05) is 39.6 Å². The van der Waals surface area contributed by atoms with Crippen LogP contribution in [0.3, 0.4) is 0 Å². The number of allylic oxidation sites excluding steroid dienone is 34.